The topological polar surface area (TPSA) is 50.4 Å². The van der Waals surface area contributed by atoms with E-state index in [1.54, 1.807) is 0 Å². The molecule has 0 aliphatic rings. The average molecular weight is 307 g/mol. The van der Waals surface area contributed by atoms with Crippen LogP contribution >= 0.6 is 0 Å². The number of aliphatic imine (C=N–C) groups is 1. The van der Waals surface area contributed by atoms with Gasteiger partial charge in [-0.2, -0.15) is 13.2 Å². The molecular weight excluding hydrogens is 291 g/mol. The third kappa shape index (κ3) is 4.25. The predicted molar refractivity (Wildman–Crippen MR) is 82.2 cm³/mol. The van der Waals surface area contributed by atoms with Gasteiger partial charge in [-0.3, -0.25) is 0 Å². The quantitative estimate of drug-likeness (QED) is 0.655. The van der Waals surface area contributed by atoms with Gasteiger partial charge in [0.25, 0.3) is 0 Å². The van der Waals surface area contributed by atoms with E-state index in [2.05, 4.69) is 17.2 Å². The molecule has 0 heterocycles. The molecule has 0 saturated heterocycles. The highest BCUT2D eigenvalue weighted by molar-refractivity contribution is 5.93. The Hall–Kier alpha value is -2.50. The summed E-state index contributed by atoms with van der Waals surface area (Å²) in [5.74, 6) is 0.115. The van der Waals surface area contributed by atoms with Gasteiger partial charge in [0.1, 0.15) is 0 Å². The fraction of sp³-hybridized carbons (Fsp3) is 0.188. The maximum absolute atomic E-state index is 12.5. The van der Waals surface area contributed by atoms with Crippen molar-refractivity contribution in [1.29, 1.82) is 0 Å². The molecule has 0 atom stereocenters. The molecule has 0 aliphatic heterocycles. The summed E-state index contributed by atoms with van der Waals surface area (Å²) in [6.07, 6.45) is -3.41. The van der Waals surface area contributed by atoms with E-state index in [-0.39, 0.29) is 5.96 Å². The van der Waals surface area contributed by atoms with E-state index < -0.39 is 11.7 Å². The minimum Gasteiger partial charge on any atom is -0.369 e. The fourth-order valence-corrected chi connectivity index (χ4v) is 1.86. The first-order chi connectivity index (χ1) is 10.4. The molecule has 0 radical (unpaired) electrons. The van der Waals surface area contributed by atoms with Crippen molar-refractivity contribution in [3.05, 3.63) is 59.7 Å². The van der Waals surface area contributed by atoms with Crippen LogP contribution in [-0.2, 0) is 12.6 Å². The summed E-state index contributed by atoms with van der Waals surface area (Å²) in [5, 5.41) is 2.76. The zero-order valence-corrected chi connectivity index (χ0v) is 12.0. The molecule has 3 N–H and O–H groups in total. The summed E-state index contributed by atoms with van der Waals surface area (Å²) < 4.78 is 37.4. The van der Waals surface area contributed by atoms with Crippen molar-refractivity contribution in [2.75, 3.05) is 5.32 Å². The summed E-state index contributed by atoms with van der Waals surface area (Å²) >= 11 is 0. The molecule has 0 saturated carbocycles. The molecule has 116 valence electrons. The second-order valence-electron chi connectivity index (χ2n) is 4.72. The van der Waals surface area contributed by atoms with Crippen LogP contribution in [0.5, 0.6) is 0 Å². The van der Waals surface area contributed by atoms with Gasteiger partial charge in [-0.05, 0) is 48.4 Å². The normalized spacial score (nSPS) is 12.3. The Bertz CT molecular complexity index is 644. The van der Waals surface area contributed by atoms with Crippen molar-refractivity contribution in [3.63, 3.8) is 0 Å². The molecule has 0 aliphatic carbocycles. The van der Waals surface area contributed by atoms with Crippen LogP contribution in [0.15, 0.2) is 53.5 Å². The molecule has 0 aromatic heterocycles. The summed E-state index contributed by atoms with van der Waals surface area (Å²) in [5.41, 5.74) is 7.35. The number of hydrogen-bond acceptors (Lipinski definition) is 1. The molecule has 3 nitrogen and oxygen atoms in total. The van der Waals surface area contributed by atoms with Crippen LogP contribution in [0, 0.1) is 0 Å². The van der Waals surface area contributed by atoms with Crippen molar-refractivity contribution in [3.8, 4) is 0 Å². The summed E-state index contributed by atoms with van der Waals surface area (Å²) in [7, 11) is 0. The number of nitrogens with zero attached hydrogens (tertiary/aromatic N) is 1. The number of aryl methyl sites for hydroxylation is 1. The van der Waals surface area contributed by atoms with Crippen LogP contribution in [0.3, 0.4) is 0 Å². The molecule has 22 heavy (non-hydrogen) atoms. The molecule has 0 unspecified atom stereocenters. The summed E-state index contributed by atoms with van der Waals surface area (Å²) in [6, 6.07) is 12.2. The smallest absolute Gasteiger partial charge is 0.369 e. The highest BCUT2D eigenvalue weighted by atomic mass is 19.4. The first-order valence-corrected chi connectivity index (χ1v) is 6.76. The zero-order valence-electron chi connectivity index (χ0n) is 12.0. The molecule has 0 fully saturated rings. The largest absolute Gasteiger partial charge is 0.416 e. The Labute approximate surface area is 126 Å². The molecule has 0 bridgehead atoms. The minimum absolute atomic E-state index is 0.115. The number of alkyl halides is 3. The van der Waals surface area contributed by atoms with Crippen molar-refractivity contribution < 1.29 is 13.2 Å². The lowest BCUT2D eigenvalue weighted by atomic mass is 10.1. The predicted octanol–water partition coefficient (Wildman–Crippen LogP) is 4.33. The lowest BCUT2D eigenvalue weighted by molar-refractivity contribution is -0.137. The molecule has 0 spiro atoms. The van der Waals surface area contributed by atoms with Crippen molar-refractivity contribution in [2.45, 2.75) is 19.5 Å². The van der Waals surface area contributed by atoms with Gasteiger partial charge >= 0.3 is 6.18 Å². The van der Waals surface area contributed by atoms with Gasteiger partial charge < -0.3 is 11.1 Å². The van der Waals surface area contributed by atoms with Gasteiger partial charge in [0, 0.05) is 5.69 Å². The van der Waals surface area contributed by atoms with E-state index in [4.69, 9.17) is 5.73 Å². The average Bonchev–Trinajstić information content (AvgIpc) is 2.47. The van der Waals surface area contributed by atoms with Gasteiger partial charge in [-0.1, -0.05) is 19.1 Å². The lowest BCUT2D eigenvalue weighted by Gasteiger charge is -2.09. The first kappa shape index (κ1) is 15.9. The highest BCUT2D eigenvalue weighted by Crippen LogP contribution is 2.29. The van der Waals surface area contributed by atoms with Crippen LogP contribution in [0.2, 0.25) is 0 Å². The van der Waals surface area contributed by atoms with E-state index in [0.717, 1.165) is 18.6 Å². The van der Waals surface area contributed by atoms with Crippen LogP contribution in [-0.4, -0.2) is 5.96 Å². The zero-order chi connectivity index (χ0) is 16.2. The molecule has 6 heteroatoms. The summed E-state index contributed by atoms with van der Waals surface area (Å²) in [6.45, 7) is 2.05. The van der Waals surface area contributed by atoms with Gasteiger partial charge in [-0.15, -0.1) is 0 Å². The molecule has 2 aromatic rings. The van der Waals surface area contributed by atoms with Gasteiger partial charge in [-0.25, -0.2) is 4.99 Å². The first-order valence-electron chi connectivity index (χ1n) is 6.76. The lowest BCUT2D eigenvalue weighted by Crippen LogP contribution is -2.22. The third-order valence-electron chi connectivity index (χ3n) is 3.08. The number of benzene rings is 2. The minimum atomic E-state index is -4.35. The van der Waals surface area contributed by atoms with Gasteiger partial charge in [0.15, 0.2) is 5.96 Å². The Kier molecular flexibility index (Phi) is 4.70. The Balaban J connectivity index is 2.07. The number of hydrogen-bond donors (Lipinski definition) is 2. The van der Waals surface area contributed by atoms with Crippen LogP contribution in [0.4, 0.5) is 24.5 Å². The van der Waals surface area contributed by atoms with E-state index in [9.17, 15) is 13.2 Å². The maximum atomic E-state index is 12.5. The second kappa shape index (κ2) is 6.51. The highest BCUT2D eigenvalue weighted by Gasteiger charge is 2.29. The Morgan fingerprint density at radius 3 is 2.14 bits per heavy atom. The monoisotopic (exact) mass is 307 g/mol. The molecular formula is C16H16F3N3. The van der Waals surface area contributed by atoms with Crippen molar-refractivity contribution in [1.82, 2.24) is 0 Å². The number of halogens is 3. The van der Waals surface area contributed by atoms with E-state index >= 15 is 0 Å². The van der Waals surface area contributed by atoms with Gasteiger partial charge in [0.05, 0.1) is 11.3 Å². The number of nitrogens with two attached hydrogens (primary N) is 1. The van der Waals surface area contributed by atoms with Crippen LogP contribution in [0.25, 0.3) is 0 Å². The molecule has 0 amide bonds. The van der Waals surface area contributed by atoms with Gasteiger partial charge in [0.2, 0.25) is 0 Å². The number of nitrogens with one attached hydrogen (secondary N) is 1. The van der Waals surface area contributed by atoms with E-state index in [1.807, 2.05) is 24.3 Å². The van der Waals surface area contributed by atoms with Crippen molar-refractivity contribution in [2.24, 2.45) is 10.7 Å². The third-order valence-corrected chi connectivity index (χ3v) is 3.08. The summed E-state index contributed by atoms with van der Waals surface area (Å²) in [4.78, 5) is 4.16. The second-order valence-corrected chi connectivity index (χ2v) is 4.72. The van der Waals surface area contributed by atoms with Crippen molar-refractivity contribution >= 4 is 17.3 Å². The Morgan fingerprint density at radius 2 is 1.64 bits per heavy atom. The van der Waals surface area contributed by atoms with Crippen LogP contribution in [0.1, 0.15) is 18.1 Å². The number of rotatable bonds is 3. The molecule has 2 aromatic carbocycles. The Morgan fingerprint density at radius 1 is 1.05 bits per heavy atom. The molecule has 2 rings (SSSR count). The number of guanidine groups is 1. The van der Waals surface area contributed by atoms with E-state index in [0.29, 0.717) is 11.4 Å². The standard InChI is InChI=1S/C16H16F3N3/c1-2-11-3-7-13(8-4-11)21-15(20)22-14-9-5-12(6-10-14)16(17,18)19/h3-10H,2H2,1H3,(H3,20,21,22). The SMILES string of the molecule is CCc1ccc(N=C(N)Nc2ccc(C(F)(F)F)cc2)cc1. The maximum Gasteiger partial charge on any atom is 0.416 e. The fourth-order valence-electron chi connectivity index (χ4n) is 1.86. The number of anilines is 1. The van der Waals surface area contributed by atoms with Crippen LogP contribution < -0.4 is 11.1 Å². The van der Waals surface area contributed by atoms with E-state index in [1.165, 1.54) is 17.7 Å².